The third-order valence-corrected chi connectivity index (χ3v) is 5.58. The molecule has 0 radical (unpaired) electrons. The predicted molar refractivity (Wildman–Crippen MR) is 110 cm³/mol. The molecule has 2 aromatic heterocycles. The molecule has 7 nitrogen and oxygen atoms in total. The van der Waals surface area contributed by atoms with Gasteiger partial charge in [0.15, 0.2) is 5.96 Å². The first-order chi connectivity index (χ1) is 14.2. The minimum Gasteiger partial charge on any atom is -0.352 e. The number of halogens is 1. The molecular weight excluding hydrogens is 369 g/mol. The standard InChI is InChI=1S/C21H26FN7/c1-16-5-8-27(13-20(16)29-10-7-25-15-29)21(23-2)26-12-17-3-4-19(18(22)11-17)28-9-6-24-14-28/h3-4,6-7,9-11,14-16,20H,5,8,12-13H2,1-2H3,(H,23,26). The van der Waals surface area contributed by atoms with Crippen LogP contribution in [0.4, 0.5) is 4.39 Å². The molecule has 8 heteroatoms. The lowest BCUT2D eigenvalue weighted by Gasteiger charge is -2.39. The van der Waals surface area contributed by atoms with Crippen LogP contribution in [-0.2, 0) is 6.54 Å². The third kappa shape index (κ3) is 4.16. The molecule has 152 valence electrons. The van der Waals surface area contributed by atoms with Gasteiger partial charge in [0.1, 0.15) is 5.82 Å². The molecule has 1 fully saturated rings. The van der Waals surface area contributed by atoms with E-state index in [4.69, 9.17) is 0 Å². The quantitative estimate of drug-likeness (QED) is 0.545. The molecule has 0 aliphatic carbocycles. The Hall–Kier alpha value is -3.16. The number of benzene rings is 1. The predicted octanol–water partition coefficient (Wildman–Crippen LogP) is 2.87. The van der Waals surface area contributed by atoms with Gasteiger partial charge in [0.05, 0.1) is 24.4 Å². The van der Waals surface area contributed by atoms with Crippen LogP contribution in [0.3, 0.4) is 0 Å². The van der Waals surface area contributed by atoms with Gasteiger partial charge < -0.3 is 19.4 Å². The number of guanidine groups is 1. The maximum absolute atomic E-state index is 14.5. The van der Waals surface area contributed by atoms with Crippen LogP contribution in [0.5, 0.6) is 0 Å². The molecule has 1 aliphatic heterocycles. The fourth-order valence-electron chi connectivity index (χ4n) is 3.88. The van der Waals surface area contributed by atoms with E-state index >= 15 is 0 Å². The van der Waals surface area contributed by atoms with Gasteiger partial charge in [-0.15, -0.1) is 0 Å². The number of hydrogen-bond donors (Lipinski definition) is 1. The van der Waals surface area contributed by atoms with Crippen LogP contribution in [-0.4, -0.2) is 50.1 Å². The Morgan fingerprint density at radius 1 is 1.24 bits per heavy atom. The summed E-state index contributed by atoms with van der Waals surface area (Å²) in [4.78, 5) is 14.9. The van der Waals surface area contributed by atoms with Crippen molar-refractivity contribution in [3.8, 4) is 5.69 Å². The molecule has 0 amide bonds. The number of aliphatic imine (C=N–C) groups is 1. The smallest absolute Gasteiger partial charge is 0.193 e. The van der Waals surface area contributed by atoms with E-state index in [0.29, 0.717) is 24.2 Å². The summed E-state index contributed by atoms with van der Waals surface area (Å²) in [6, 6.07) is 5.61. The molecule has 29 heavy (non-hydrogen) atoms. The van der Waals surface area contributed by atoms with Crippen LogP contribution in [0.15, 0.2) is 60.6 Å². The van der Waals surface area contributed by atoms with Gasteiger partial charge >= 0.3 is 0 Å². The summed E-state index contributed by atoms with van der Waals surface area (Å²) in [6.07, 6.45) is 11.8. The molecule has 4 rings (SSSR count). The molecule has 1 saturated heterocycles. The second-order valence-corrected chi connectivity index (χ2v) is 7.45. The summed E-state index contributed by atoms with van der Waals surface area (Å²) in [5.41, 5.74) is 1.35. The molecule has 2 unspecified atom stereocenters. The van der Waals surface area contributed by atoms with Crippen molar-refractivity contribution >= 4 is 5.96 Å². The number of likely N-dealkylation sites (tertiary alicyclic amines) is 1. The SMILES string of the molecule is CN=C(NCc1ccc(-n2ccnc2)c(F)c1)N1CCC(C)C(n2ccnc2)C1. The molecule has 1 N–H and O–H groups in total. The summed E-state index contributed by atoms with van der Waals surface area (Å²) < 4.78 is 18.3. The first-order valence-corrected chi connectivity index (χ1v) is 9.85. The second-order valence-electron chi connectivity index (χ2n) is 7.45. The third-order valence-electron chi connectivity index (χ3n) is 5.58. The average molecular weight is 395 g/mol. The Labute approximate surface area is 169 Å². The molecule has 0 saturated carbocycles. The largest absolute Gasteiger partial charge is 0.352 e. The van der Waals surface area contributed by atoms with Gasteiger partial charge in [0.25, 0.3) is 0 Å². The maximum atomic E-state index is 14.5. The van der Waals surface area contributed by atoms with Gasteiger partial charge in [-0.25, -0.2) is 14.4 Å². The van der Waals surface area contributed by atoms with Crippen LogP contribution in [0.1, 0.15) is 24.9 Å². The van der Waals surface area contributed by atoms with Crippen LogP contribution in [0, 0.1) is 11.7 Å². The lowest BCUT2D eigenvalue weighted by Crippen LogP contribution is -2.48. The Balaban J connectivity index is 1.41. The molecule has 1 aliphatic rings. The van der Waals surface area contributed by atoms with Crippen molar-refractivity contribution in [2.24, 2.45) is 10.9 Å². The summed E-state index contributed by atoms with van der Waals surface area (Å²) in [5.74, 6) is 1.13. The molecule has 0 bridgehead atoms. The Kier molecular flexibility index (Phi) is 5.59. The average Bonchev–Trinajstić information content (AvgIpc) is 3.44. The molecule has 1 aromatic carbocycles. The van der Waals surface area contributed by atoms with Gasteiger partial charge in [-0.2, -0.15) is 0 Å². The van der Waals surface area contributed by atoms with E-state index in [2.05, 4.69) is 36.7 Å². The molecular formula is C21H26FN7. The highest BCUT2D eigenvalue weighted by Gasteiger charge is 2.28. The lowest BCUT2D eigenvalue weighted by molar-refractivity contribution is 0.189. The fraction of sp³-hybridized carbons (Fsp3) is 0.381. The van der Waals surface area contributed by atoms with E-state index < -0.39 is 0 Å². The first kappa shape index (κ1) is 19.2. The van der Waals surface area contributed by atoms with Gasteiger partial charge in [-0.3, -0.25) is 4.99 Å². The number of nitrogens with one attached hydrogen (secondary N) is 1. The molecule has 0 spiro atoms. The fourth-order valence-corrected chi connectivity index (χ4v) is 3.88. The first-order valence-electron chi connectivity index (χ1n) is 9.85. The van der Waals surface area contributed by atoms with Gasteiger partial charge in [0.2, 0.25) is 0 Å². The van der Waals surface area contributed by atoms with E-state index in [-0.39, 0.29) is 5.82 Å². The highest BCUT2D eigenvalue weighted by molar-refractivity contribution is 5.80. The minimum absolute atomic E-state index is 0.274. The number of aromatic nitrogens is 4. The number of imidazole rings is 2. The summed E-state index contributed by atoms with van der Waals surface area (Å²) in [5, 5.41) is 3.38. The highest BCUT2D eigenvalue weighted by Crippen LogP contribution is 2.27. The summed E-state index contributed by atoms with van der Waals surface area (Å²) in [7, 11) is 1.79. The lowest BCUT2D eigenvalue weighted by atomic mass is 9.93. The zero-order valence-electron chi connectivity index (χ0n) is 16.7. The second kappa shape index (κ2) is 8.46. The molecule has 3 heterocycles. The number of nitrogens with zero attached hydrogens (tertiary/aromatic N) is 6. The summed E-state index contributed by atoms with van der Waals surface area (Å²) >= 11 is 0. The Morgan fingerprint density at radius 3 is 2.76 bits per heavy atom. The van der Waals surface area contributed by atoms with Gasteiger partial charge in [0, 0.05) is 51.5 Å². The van der Waals surface area contributed by atoms with Crippen LogP contribution < -0.4 is 5.32 Å². The van der Waals surface area contributed by atoms with Crippen molar-refractivity contribution < 1.29 is 4.39 Å². The highest BCUT2D eigenvalue weighted by atomic mass is 19.1. The van der Waals surface area contributed by atoms with Crippen molar-refractivity contribution in [1.29, 1.82) is 0 Å². The normalized spacial score (nSPS) is 20.1. The van der Waals surface area contributed by atoms with E-state index in [1.165, 1.54) is 0 Å². The Morgan fingerprint density at radius 2 is 2.07 bits per heavy atom. The number of piperidine rings is 1. The monoisotopic (exact) mass is 395 g/mol. The van der Waals surface area contributed by atoms with Crippen molar-refractivity contribution in [3.63, 3.8) is 0 Å². The topological polar surface area (TPSA) is 63.3 Å². The Bertz CT molecular complexity index is 950. The van der Waals surface area contributed by atoms with Crippen molar-refractivity contribution in [2.75, 3.05) is 20.1 Å². The van der Waals surface area contributed by atoms with E-state index in [9.17, 15) is 4.39 Å². The van der Waals surface area contributed by atoms with Gasteiger partial charge in [-0.05, 0) is 30.0 Å². The maximum Gasteiger partial charge on any atom is 0.193 e. The van der Waals surface area contributed by atoms with Crippen LogP contribution in [0.25, 0.3) is 5.69 Å². The van der Waals surface area contributed by atoms with E-state index in [1.807, 2.05) is 24.8 Å². The minimum atomic E-state index is -0.274. The van der Waals surface area contributed by atoms with Crippen LogP contribution >= 0.6 is 0 Å². The number of hydrogen-bond acceptors (Lipinski definition) is 3. The zero-order chi connectivity index (χ0) is 20.2. The number of rotatable bonds is 4. The van der Waals surface area contributed by atoms with E-state index in [0.717, 1.165) is 31.0 Å². The van der Waals surface area contributed by atoms with Gasteiger partial charge in [-0.1, -0.05) is 13.0 Å². The van der Waals surface area contributed by atoms with Crippen LogP contribution in [0.2, 0.25) is 0 Å². The molecule has 3 aromatic rings. The summed E-state index contributed by atoms with van der Waals surface area (Å²) in [6.45, 7) is 4.60. The van der Waals surface area contributed by atoms with Crippen molar-refractivity contribution in [3.05, 3.63) is 67.0 Å². The zero-order valence-corrected chi connectivity index (χ0v) is 16.7. The molecule has 2 atom stereocenters. The van der Waals surface area contributed by atoms with Crippen molar-refractivity contribution in [1.82, 2.24) is 29.3 Å². The van der Waals surface area contributed by atoms with E-state index in [1.54, 1.807) is 42.5 Å². The van der Waals surface area contributed by atoms with Crippen molar-refractivity contribution in [2.45, 2.75) is 25.9 Å².